The van der Waals surface area contributed by atoms with Gasteiger partial charge in [-0.25, -0.2) is 0 Å². The van der Waals surface area contributed by atoms with E-state index in [0.29, 0.717) is 12.8 Å². The molecular weight excluding hydrogens is 500 g/mol. The molecule has 0 saturated carbocycles. The van der Waals surface area contributed by atoms with Gasteiger partial charge in [0, 0.05) is 12.8 Å². The second-order valence-electron chi connectivity index (χ2n) is 11.6. The maximum Gasteiger partial charge on any atom is 0.305 e. The topological polar surface area (TPSA) is 72.8 Å². The van der Waals surface area contributed by atoms with Crippen LogP contribution in [0.4, 0.5) is 0 Å². The molecule has 5 heteroatoms. The van der Waals surface area contributed by atoms with E-state index in [1.807, 2.05) is 0 Å². The number of esters is 2. The number of allylic oxidation sites excluding steroid dienone is 2. The van der Waals surface area contributed by atoms with Crippen LogP contribution in [0.3, 0.4) is 0 Å². The van der Waals surface area contributed by atoms with Gasteiger partial charge in [-0.2, -0.15) is 0 Å². The number of carbonyl (C=O) groups is 2. The van der Waals surface area contributed by atoms with Gasteiger partial charge in [0.05, 0.1) is 0 Å². The lowest BCUT2D eigenvalue weighted by molar-refractivity contribution is -0.152. The lowest BCUT2D eigenvalue weighted by Crippen LogP contribution is -2.25. The number of rotatable bonds is 31. The van der Waals surface area contributed by atoms with Crippen LogP contribution in [0.5, 0.6) is 0 Å². The van der Waals surface area contributed by atoms with Gasteiger partial charge in [0.25, 0.3) is 0 Å². The van der Waals surface area contributed by atoms with Crippen LogP contribution in [0.25, 0.3) is 0 Å². The molecule has 5 nitrogen and oxygen atoms in total. The summed E-state index contributed by atoms with van der Waals surface area (Å²) in [5.74, 6) is -0.566. The van der Waals surface area contributed by atoms with Crippen LogP contribution in [-0.4, -0.2) is 36.4 Å². The number of carbonyl (C=O) groups excluding carboxylic acids is 2. The number of ether oxygens (including phenoxy) is 2. The molecule has 0 amide bonds. The average molecular weight is 567 g/mol. The molecule has 0 aromatic rings. The van der Waals surface area contributed by atoms with Crippen LogP contribution in [0.15, 0.2) is 12.2 Å². The number of hydrogen-bond acceptors (Lipinski definition) is 5. The van der Waals surface area contributed by atoms with Crippen molar-refractivity contribution in [2.75, 3.05) is 13.2 Å². The summed E-state index contributed by atoms with van der Waals surface area (Å²) in [7, 11) is 0. The van der Waals surface area contributed by atoms with Gasteiger partial charge in [-0.1, -0.05) is 142 Å². The molecule has 236 valence electrons. The monoisotopic (exact) mass is 566 g/mol. The third-order valence-electron chi connectivity index (χ3n) is 7.50. The lowest BCUT2D eigenvalue weighted by Gasteiger charge is -2.12. The lowest BCUT2D eigenvalue weighted by atomic mass is 10.1. The maximum atomic E-state index is 11.9. The van der Waals surface area contributed by atoms with Gasteiger partial charge in [0.1, 0.15) is 19.3 Å². The van der Waals surface area contributed by atoms with Crippen LogP contribution in [0.1, 0.15) is 181 Å². The van der Waals surface area contributed by atoms with Crippen molar-refractivity contribution < 1.29 is 24.2 Å². The first kappa shape index (κ1) is 38.6. The highest BCUT2D eigenvalue weighted by molar-refractivity contribution is 5.69. The summed E-state index contributed by atoms with van der Waals surface area (Å²) in [6, 6.07) is 0. The summed E-state index contributed by atoms with van der Waals surface area (Å²) in [6.07, 6.45) is 34.0. The zero-order chi connectivity index (χ0) is 29.4. The molecule has 0 radical (unpaired) electrons. The fourth-order valence-corrected chi connectivity index (χ4v) is 4.84. The maximum absolute atomic E-state index is 11.9. The van der Waals surface area contributed by atoms with Crippen molar-refractivity contribution in [1.82, 2.24) is 0 Å². The fourth-order valence-electron chi connectivity index (χ4n) is 4.84. The van der Waals surface area contributed by atoms with Crippen molar-refractivity contribution in [2.45, 2.75) is 187 Å². The van der Waals surface area contributed by atoms with Gasteiger partial charge < -0.3 is 14.6 Å². The normalized spacial score (nSPS) is 12.2. The molecule has 0 aromatic heterocycles. The van der Waals surface area contributed by atoms with Crippen LogP contribution in [0, 0.1) is 0 Å². The number of unbranched alkanes of at least 4 members (excludes halogenated alkanes) is 21. The zero-order valence-corrected chi connectivity index (χ0v) is 26.6. The number of aliphatic hydroxyl groups is 1. The predicted molar refractivity (Wildman–Crippen MR) is 168 cm³/mol. The molecule has 0 spiro atoms. The van der Waals surface area contributed by atoms with Crippen LogP contribution in [-0.2, 0) is 19.1 Å². The van der Waals surface area contributed by atoms with E-state index >= 15 is 0 Å². The second-order valence-corrected chi connectivity index (χ2v) is 11.6. The van der Waals surface area contributed by atoms with E-state index in [9.17, 15) is 14.7 Å². The third-order valence-corrected chi connectivity index (χ3v) is 7.50. The summed E-state index contributed by atoms with van der Waals surface area (Å²) < 4.78 is 10.3. The average Bonchev–Trinajstić information content (AvgIpc) is 2.95. The van der Waals surface area contributed by atoms with E-state index in [0.717, 1.165) is 38.5 Å². The Morgan fingerprint density at radius 2 is 0.800 bits per heavy atom. The first-order valence-electron chi connectivity index (χ1n) is 17.2. The van der Waals surface area contributed by atoms with Crippen molar-refractivity contribution in [3.05, 3.63) is 12.2 Å². The van der Waals surface area contributed by atoms with Gasteiger partial charge in [-0.15, -0.1) is 0 Å². The largest absolute Gasteiger partial charge is 0.463 e. The van der Waals surface area contributed by atoms with E-state index in [2.05, 4.69) is 26.0 Å². The minimum atomic E-state index is -0.957. The highest BCUT2D eigenvalue weighted by Gasteiger charge is 2.12. The highest BCUT2D eigenvalue weighted by atomic mass is 16.6. The van der Waals surface area contributed by atoms with Gasteiger partial charge in [-0.05, 0) is 38.5 Å². The molecule has 0 fully saturated rings. The Morgan fingerprint density at radius 3 is 1.18 bits per heavy atom. The van der Waals surface area contributed by atoms with E-state index in [1.54, 1.807) is 0 Å². The Labute approximate surface area is 248 Å². The minimum absolute atomic E-state index is 0.112. The first-order valence-corrected chi connectivity index (χ1v) is 17.2. The zero-order valence-electron chi connectivity index (χ0n) is 26.6. The molecule has 1 N–H and O–H groups in total. The molecule has 40 heavy (non-hydrogen) atoms. The summed E-state index contributed by atoms with van der Waals surface area (Å²) in [6.45, 7) is 4.27. The SMILES string of the molecule is CCCCCC/C=C/CCCCCCCCCC(=O)OC[C@H](O)COC(=O)CCCCCCCCCCCCC. The molecule has 0 aliphatic carbocycles. The summed E-state index contributed by atoms with van der Waals surface area (Å²) in [5.41, 5.74) is 0. The molecule has 0 unspecified atom stereocenters. The quantitative estimate of drug-likeness (QED) is 0.0513. The van der Waals surface area contributed by atoms with Gasteiger partial charge >= 0.3 is 11.9 Å². The summed E-state index contributed by atoms with van der Waals surface area (Å²) in [5, 5.41) is 9.95. The van der Waals surface area contributed by atoms with Crippen molar-refractivity contribution in [1.29, 1.82) is 0 Å². The van der Waals surface area contributed by atoms with E-state index in [4.69, 9.17) is 9.47 Å². The van der Waals surface area contributed by atoms with Crippen molar-refractivity contribution in [3.63, 3.8) is 0 Å². The smallest absolute Gasteiger partial charge is 0.305 e. The Hall–Kier alpha value is -1.36. The number of aliphatic hydroxyl groups excluding tert-OH is 1. The van der Waals surface area contributed by atoms with E-state index < -0.39 is 6.10 Å². The Bertz CT molecular complexity index is 574. The highest BCUT2D eigenvalue weighted by Crippen LogP contribution is 2.13. The molecular formula is C35H66O5. The summed E-state index contributed by atoms with van der Waals surface area (Å²) >= 11 is 0. The third kappa shape index (κ3) is 31.2. The van der Waals surface area contributed by atoms with Crippen molar-refractivity contribution >= 4 is 11.9 Å². The molecule has 1 atom stereocenters. The molecule has 0 bridgehead atoms. The van der Waals surface area contributed by atoms with E-state index in [-0.39, 0.29) is 25.2 Å². The molecule has 0 aliphatic heterocycles. The van der Waals surface area contributed by atoms with Crippen LogP contribution in [0.2, 0.25) is 0 Å². The fraction of sp³-hybridized carbons (Fsp3) is 0.886. The van der Waals surface area contributed by atoms with Gasteiger partial charge in [-0.3, -0.25) is 9.59 Å². The predicted octanol–water partition coefficient (Wildman–Crippen LogP) is 10.2. The Kier molecular flexibility index (Phi) is 31.1. The van der Waals surface area contributed by atoms with Gasteiger partial charge in [0.15, 0.2) is 0 Å². The van der Waals surface area contributed by atoms with Crippen LogP contribution < -0.4 is 0 Å². The van der Waals surface area contributed by atoms with Crippen LogP contribution >= 0.6 is 0 Å². The molecule has 0 aliphatic rings. The first-order chi connectivity index (χ1) is 19.6. The Balaban J connectivity index is 3.42. The second kappa shape index (κ2) is 32.2. The van der Waals surface area contributed by atoms with Crippen molar-refractivity contribution in [2.24, 2.45) is 0 Å². The molecule has 0 heterocycles. The van der Waals surface area contributed by atoms with E-state index in [1.165, 1.54) is 116 Å². The molecule has 0 rings (SSSR count). The Morgan fingerprint density at radius 1 is 0.500 bits per heavy atom. The van der Waals surface area contributed by atoms with Gasteiger partial charge in [0.2, 0.25) is 0 Å². The molecule has 0 aromatic carbocycles. The standard InChI is InChI=1S/C35H66O5/c1-3-5-7-9-11-13-15-16-17-18-20-22-24-26-28-30-35(38)40-32-33(36)31-39-34(37)29-27-25-23-21-19-14-12-10-8-6-4-2/h13,15,33,36H,3-12,14,16-32H2,1-2H3/b15-13+/t33-/m1/s1. The minimum Gasteiger partial charge on any atom is -0.463 e. The number of hydrogen-bond donors (Lipinski definition) is 1. The molecule has 0 saturated heterocycles. The van der Waals surface area contributed by atoms with Crippen molar-refractivity contribution in [3.8, 4) is 0 Å². The summed E-state index contributed by atoms with van der Waals surface area (Å²) in [4.78, 5) is 23.8.